The van der Waals surface area contributed by atoms with Crippen LogP contribution in [0.4, 0.5) is 4.39 Å². The Hall–Kier alpha value is -15.4. The van der Waals surface area contributed by atoms with Gasteiger partial charge in [0.15, 0.2) is 69.0 Å². The molecule has 0 spiro atoms. The fraction of sp³-hybridized carbons (Fsp3) is 0.411. The van der Waals surface area contributed by atoms with Crippen LogP contribution in [0.3, 0.4) is 0 Å². The molecule has 780 valence electrons. The highest BCUT2D eigenvalue weighted by molar-refractivity contribution is 6.36. The molecule has 10 N–H and O–H groups in total. The molecular weight excluding hydrogens is 1910 g/mol. The van der Waals surface area contributed by atoms with E-state index in [1.54, 1.807) is 99.1 Å². The zero-order valence-corrected chi connectivity index (χ0v) is 87.0. The standard InChI is InChI=1S/C38H41N5O7.C37H40FN5O7.C37H42N4O8/c1-18-34(47-4)22-15-25-31-29-23(35(48-5)19(2)37(50-7)33(29)45)14-24(42(31)3)26(16-39)43(25)27(28(22)32(44)36(18)49-6)17-41-38(46)30-21-11-9-8-10-20(21)12-13-40-30;1-16-33(47-4)20-13-25-30-29-21(34(48-5)17(2)36(50-7)32(29)45)12-24(42(30)3)26(14-39)43(25)27(28(20)31(44)35(16)49-6)15-40-37(46)23-11-18-10-19(38)8-9-22(18)41-23;1-18-33(46-4)21-15-24-30-29-22(34(47-5)19(2)36(49-7)32(29)44)14-23(40(30)3)25(16-38)41(24)26(28(21)31(43)35(18)48-6)17-39-37(45)27(42)13-20-11-9-8-10-12-20/h8-13,24-27,31,44-45H,14-15,17H2,1-7H3,(H,41,46);8-11,24-27,30,41,44-45H,12-13,15H2,1-7H3,(H,40,46);8-12,23-26,30,43-44H,13-15,17H2,1-7H3,(H,39,45)/t24-,25-,26-,27-,31-;24-,25-,26-,27-,30-;23-,24-,25-,26-,30-/m000/s1. The number of hydrogen-bond donors (Lipinski definition) is 10. The summed E-state index contributed by atoms with van der Waals surface area (Å²) >= 11 is 0. The Labute approximate surface area is 861 Å². The van der Waals surface area contributed by atoms with Crippen LogP contribution in [-0.2, 0) is 54.5 Å². The van der Waals surface area contributed by atoms with E-state index in [9.17, 15) is 70.0 Å². The van der Waals surface area contributed by atoms with Crippen LogP contribution in [0, 0.1) is 81.4 Å². The number of fused-ring (bicyclic) bond motifs is 23. The summed E-state index contributed by atoms with van der Waals surface area (Å²) in [5, 5.41) is 115. The van der Waals surface area contributed by atoms with Gasteiger partial charge in [0.2, 0.25) is 5.78 Å². The lowest BCUT2D eigenvalue weighted by atomic mass is 9.71. The van der Waals surface area contributed by atoms with Gasteiger partial charge in [0.05, 0.1) is 140 Å². The highest BCUT2D eigenvalue weighted by Crippen LogP contribution is 2.65. The molecule has 36 nitrogen and oxygen atoms in total. The van der Waals surface area contributed by atoms with Crippen molar-refractivity contribution in [2.75, 3.05) is 126 Å². The molecule has 0 saturated carbocycles. The number of piperazine rings is 3. The van der Waals surface area contributed by atoms with Crippen LogP contribution in [-0.4, -0.2) is 274 Å². The van der Waals surface area contributed by atoms with Gasteiger partial charge >= 0.3 is 0 Å². The molecule has 11 heterocycles. The van der Waals surface area contributed by atoms with Crippen molar-refractivity contribution >= 4 is 45.2 Å². The number of ketones is 1. The number of rotatable bonds is 23. The molecule has 15 atom stereocenters. The van der Waals surface area contributed by atoms with Gasteiger partial charge in [0.25, 0.3) is 17.7 Å². The van der Waals surface area contributed by atoms with Crippen LogP contribution in [0.5, 0.6) is 103 Å². The van der Waals surface area contributed by atoms with Crippen molar-refractivity contribution in [1.29, 1.82) is 15.8 Å². The molecule has 0 unspecified atom stereocenters. The Bertz CT molecular complexity index is 7380. The van der Waals surface area contributed by atoms with E-state index in [1.165, 1.54) is 54.8 Å². The maximum atomic E-state index is 13.9. The maximum Gasteiger partial charge on any atom is 0.287 e. The highest BCUT2D eigenvalue weighted by Gasteiger charge is 2.62. The first-order chi connectivity index (χ1) is 71.7. The number of nitrogens with zero attached hydrogens (tertiary/aromatic N) is 10. The monoisotopic (exact) mass is 2030 g/mol. The van der Waals surface area contributed by atoms with Crippen molar-refractivity contribution < 1.29 is 111 Å². The number of benzene rings is 9. The average molecular weight is 2040 g/mol. The smallest absolute Gasteiger partial charge is 0.287 e. The number of likely N-dealkylation sites (N-methyl/N-ethyl adjacent to an activating group) is 3. The number of nitriles is 3. The number of nitrogens with one attached hydrogen (secondary N) is 4. The minimum absolute atomic E-state index is 0.00402. The number of methoxy groups -OCH3 is 12. The fourth-order valence-electron chi connectivity index (χ4n) is 26.5. The molecule has 6 bridgehead atoms. The molecule has 11 aromatic rings. The number of ether oxygens (including phenoxy) is 12. The summed E-state index contributed by atoms with van der Waals surface area (Å²) in [6.07, 6.45) is 3.77. The molecule has 9 aliphatic rings. The molecule has 0 radical (unpaired) electrons. The van der Waals surface area contributed by atoms with Gasteiger partial charge in [-0.05, 0) is 142 Å². The number of aromatic amines is 1. The second kappa shape index (κ2) is 41.0. The summed E-state index contributed by atoms with van der Waals surface area (Å²) in [5.74, 6) is 2.28. The number of amides is 3. The van der Waals surface area contributed by atoms with Gasteiger partial charge in [-0.3, -0.25) is 53.6 Å². The Kier molecular flexibility index (Phi) is 28.5. The molecular formula is C112H123FN14O22. The quantitative estimate of drug-likeness (QED) is 0.0266. The van der Waals surface area contributed by atoms with Crippen LogP contribution in [0.1, 0.15) is 163 Å². The van der Waals surface area contributed by atoms with Gasteiger partial charge in [0.1, 0.15) is 69.8 Å². The first-order valence-corrected chi connectivity index (χ1v) is 49.1. The third-order valence-electron chi connectivity index (χ3n) is 32.5. The van der Waals surface area contributed by atoms with Gasteiger partial charge in [-0.25, -0.2) is 4.39 Å². The highest BCUT2D eigenvalue weighted by atomic mass is 19.1. The molecule has 3 amide bonds. The molecule has 0 aliphatic carbocycles. The molecule has 3 fully saturated rings. The minimum atomic E-state index is -0.771. The molecule has 20 rings (SSSR count). The summed E-state index contributed by atoms with van der Waals surface area (Å²) in [6, 6.07) is 24.0. The predicted molar refractivity (Wildman–Crippen MR) is 547 cm³/mol. The normalized spacial score (nSPS) is 22.5. The number of phenols is 6. The zero-order chi connectivity index (χ0) is 107. The van der Waals surface area contributed by atoms with Crippen molar-refractivity contribution in [2.24, 2.45) is 0 Å². The van der Waals surface area contributed by atoms with Crippen LogP contribution < -0.4 is 72.8 Å². The summed E-state index contributed by atoms with van der Waals surface area (Å²) in [4.78, 5) is 74.0. The molecule has 3 saturated heterocycles. The Balaban J connectivity index is 0.000000146. The molecule has 9 aromatic carbocycles. The summed E-state index contributed by atoms with van der Waals surface area (Å²) in [5.41, 5.74) is 13.8. The SMILES string of the molecule is COc1c(C)c(OC)c2c(c1O)[C@@H]1[C@@H]3Cc4c(OC)c(C)c(OC)c(O)c4[C@H](CNC(=O)C(=O)Cc4ccccc4)N3[C@@H](C#N)[C@H](C2)N1C.COc1c(C)c(OC)c2c(c1O)[C@@H]1[C@@H]3Cc4c(OC)c(C)c(OC)c(O)c4[C@H](CNC(=O)c4cc5cc(F)ccc5[nH]4)N3[C@@H](C#N)[C@H](C2)N1C.COc1c(C)c(OC)c2c(c1O)[C@@H]1[C@@H]3Cc4c(OC)c(C)c(OC)c(O)c4[C@H](CNC(=O)c4nccc5ccccc45)N3[C@@H](C#N)[C@H](C2)N1C. The largest absolute Gasteiger partial charge is 0.504 e. The first kappa shape index (κ1) is 104. The molecule has 9 aliphatic heterocycles. The second-order valence-corrected chi connectivity index (χ2v) is 39.2. The summed E-state index contributed by atoms with van der Waals surface area (Å²) < 4.78 is 83.7. The number of halogens is 1. The van der Waals surface area contributed by atoms with E-state index < -0.39 is 95.9 Å². The van der Waals surface area contributed by atoms with Crippen molar-refractivity contribution in [2.45, 2.75) is 177 Å². The number of pyridine rings is 1. The van der Waals surface area contributed by atoms with Gasteiger partial charge in [-0.15, -0.1) is 0 Å². The van der Waals surface area contributed by atoms with E-state index in [0.29, 0.717) is 190 Å². The van der Waals surface area contributed by atoms with E-state index in [0.717, 1.165) is 27.6 Å². The predicted octanol–water partition coefficient (Wildman–Crippen LogP) is 12.5. The maximum absolute atomic E-state index is 13.9. The van der Waals surface area contributed by atoms with Crippen molar-refractivity contribution in [3.8, 4) is 122 Å². The van der Waals surface area contributed by atoms with Gasteiger partial charge in [-0.2, -0.15) is 15.8 Å². The van der Waals surface area contributed by atoms with E-state index in [1.807, 2.05) is 90.1 Å². The summed E-state index contributed by atoms with van der Waals surface area (Å²) in [6.45, 7) is 10.9. The number of Topliss-reactive ketones (excluding diaryl/α,β-unsaturated/α-hetero) is 1. The van der Waals surface area contributed by atoms with Crippen molar-refractivity contribution in [3.63, 3.8) is 0 Å². The number of hydrogen-bond acceptors (Lipinski definition) is 32. The van der Waals surface area contributed by atoms with Crippen LogP contribution in [0.2, 0.25) is 0 Å². The third-order valence-corrected chi connectivity index (χ3v) is 32.5. The minimum Gasteiger partial charge on any atom is -0.504 e. The van der Waals surface area contributed by atoms with Crippen LogP contribution >= 0.6 is 0 Å². The molecule has 37 heteroatoms. The van der Waals surface area contributed by atoms with E-state index in [4.69, 9.17) is 56.8 Å². The van der Waals surface area contributed by atoms with Crippen molar-refractivity contribution in [1.82, 2.24) is 55.3 Å². The van der Waals surface area contributed by atoms with E-state index in [2.05, 4.69) is 68.6 Å². The topological polar surface area (TPSA) is 456 Å². The number of aromatic hydroxyl groups is 6. The lowest BCUT2D eigenvalue weighted by molar-refractivity contribution is -0.138. The Morgan fingerprint density at radius 2 is 0.691 bits per heavy atom. The lowest BCUT2D eigenvalue weighted by Gasteiger charge is -2.60. The lowest BCUT2D eigenvalue weighted by Crippen LogP contribution is -2.68. The van der Waals surface area contributed by atoms with Gasteiger partial charge in [-0.1, -0.05) is 54.6 Å². The molecule has 149 heavy (non-hydrogen) atoms. The Morgan fingerprint density at radius 3 is 1.03 bits per heavy atom. The average Bonchev–Trinajstić information content (AvgIpc) is 0.868. The van der Waals surface area contributed by atoms with Crippen LogP contribution in [0.25, 0.3) is 21.7 Å². The van der Waals surface area contributed by atoms with E-state index in [-0.39, 0.29) is 113 Å². The number of carbonyl (C=O) groups is 4. The van der Waals surface area contributed by atoms with Crippen LogP contribution in [0.15, 0.2) is 91.1 Å². The zero-order valence-electron chi connectivity index (χ0n) is 87.0. The van der Waals surface area contributed by atoms with Gasteiger partial charge < -0.3 is 108 Å². The summed E-state index contributed by atoms with van der Waals surface area (Å²) in [7, 11) is 24.3. The second-order valence-electron chi connectivity index (χ2n) is 39.2. The van der Waals surface area contributed by atoms with Crippen molar-refractivity contribution in [3.05, 3.63) is 214 Å². The number of H-pyrrole nitrogens is 1. The number of carbonyl (C=O) groups excluding carboxylic acids is 4. The molecule has 2 aromatic heterocycles. The first-order valence-electron chi connectivity index (χ1n) is 49.1. The number of phenolic OH excluding ortho intramolecular Hbond substituents is 6. The fourth-order valence-corrected chi connectivity index (χ4v) is 26.5. The van der Waals surface area contributed by atoms with E-state index >= 15 is 0 Å². The number of aromatic nitrogens is 2. The Morgan fingerprint density at radius 1 is 0.383 bits per heavy atom. The third kappa shape index (κ3) is 16.4. The van der Waals surface area contributed by atoms with Gasteiger partial charge in [0, 0.05) is 185 Å².